The molecule has 0 amide bonds. The third-order valence-corrected chi connectivity index (χ3v) is 2.79. The summed E-state index contributed by atoms with van der Waals surface area (Å²) in [6.07, 6.45) is 1.73. The molecule has 0 aromatic carbocycles. The standard InChI is InChI=1S/C11H20N6/c1-9(2)13-11-14-10(8-12-15-11)17-6-4-16(3)5-7-17/h8-9H,4-7H2,1-3H3,(H,13,14,15). The van der Waals surface area contributed by atoms with Crippen molar-refractivity contribution < 1.29 is 0 Å². The van der Waals surface area contributed by atoms with Crippen molar-refractivity contribution in [1.29, 1.82) is 0 Å². The summed E-state index contributed by atoms with van der Waals surface area (Å²) < 4.78 is 0. The van der Waals surface area contributed by atoms with E-state index in [1.807, 2.05) is 0 Å². The van der Waals surface area contributed by atoms with Gasteiger partial charge in [-0.25, -0.2) is 0 Å². The zero-order chi connectivity index (χ0) is 12.3. The van der Waals surface area contributed by atoms with Gasteiger partial charge in [-0.1, -0.05) is 0 Å². The number of hydrogen-bond donors (Lipinski definition) is 1. The van der Waals surface area contributed by atoms with Crippen molar-refractivity contribution in [3.8, 4) is 0 Å². The first-order chi connectivity index (χ1) is 8.15. The first-order valence-electron chi connectivity index (χ1n) is 6.05. The van der Waals surface area contributed by atoms with E-state index in [9.17, 15) is 0 Å². The van der Waals surface area contributed by atoms with Gasteiger partial charge in [0.2, 0.25) is 5.95 Å². The molecule has 1 aromatic rings. The molecule has 0 saturated carbocycles. The van der Waals surface area contributed by atoms with Crippen molar-refractivity contribution in [3.63, 3.8) is 0 Å². The molecule has 94 valence electrons. The number of aromatic nitrogens is 3. The van der Waals surface area contributed by atoms with Gasteiger partial charge in [0, 0.05) is 32.2 Å². The summed E-state index contributed by atoms with van der Waals surface area (Å²) in [5.41, 5.74) is 0. The van der Waals surface area contributed by atoms with E-state index in [2.05, 4.69) is 51.2 Å². The van der Waals surface area contributed by atoms with Crippen LogP contribution in [0.3, 0.4) is 0 Å². The highest BCUT2D eigenvalue weighted by atomic mass is 15.3. The molecule has 0 spiro atoms. The molecule has 0 unspecified atom stereocenters. The van der Waals surface area contributed by atoms with Crippen molar-refractivity contribution in [2.24, 2.45) is 0 Å². The average Bonchev–Trinajstić information content (AvgIpc) is 2.29. The third kappa shape index (κ3) is 3.26. The summed E-state index contributed by atoms with van der Waals surface area (Å²) in [4.78, 5) is 9.05. The van der Waals surface area contributed by atoms with Gasteiger partial charge in [-0.3, -0.25) is 0 Å². The van der Waals surface area contributed by atoms with Crippen LogP contribution in [0.1, 0.15) is 13.8 Å². The van der Waals surface area contributed by atoms with Crippen LogP contribution in [-0.2, 0) is 0 Å². The molecule has 0 bridgehead atoms. The predicted molar refractivity (Wildman–Crippen MR) is 68.3 cm³/mol. The zero-order valence-electron chi connectivity index (χ0n) is 10.7. The number of anilines is 2. The smallest absolute Gasteiger partial charge is 0.244 e. The van der Waals surface area contributed by atoms with Gasteiger partial charge in [0.25, 0.3) is 0 Å². The Labute approximate surface area is 102 Å². The number of nitrogens with one attached hydrogen (secondary N) is 1. The number of hydrogen-bond acceptors (Lipinski definition) is 6. The molecule has 6 nitrogen and oxygen atoms in total. The Morgan fingerprint density at radius 1 is 1.24 bits per heavy atom. The fraction of sp³-hybridized carbons (Fsp3) is 0.727. The Morgan fingerprint density at radius 3 is 2.59 bits per heavy atom. The van der Waals surface area contributed by atoms with E-state index in [0.717, 1.165) is 32.0 Å². The fourth-order valence-electron chi connectivity index (χ4n) is 1.80. The molecule has 1 fully saturated rings. The summed E-state index contributed by atoms with van der Waals surface area (Å²) in [5.74, 6) is 1.52. The highest BCUT2D eigenvalue weighted by Gasteiger charge is 2.16. The highest BCUT2D eigenvalue weighted by Crippen LogP contribution is 2.13. The molecular weight excluding hydrogens is 216 g/mol. The monoisotopic (exact) mass is 236 g/mol. The summed E-state index contributed by atoms with van der Waals surface area (Å²) in [6.45, 7) is 8.25. The Bertz CT molecular complexity index is 359. The molecular formula is C11H20N6. The van der Waals surface area contributed by atoms with E-state index in [0.29, 0.717) is 12.0 Å². The molecule has 0 radical (unpaired) electrons. The van der Waals surface area contributed by atoms with Gasteiger partial charge < -0.3 is 15.1 Å². The van der Waals surface area contributed by atoms with E-state index in [1.165, 1.54) is 0 Å². The minimum atomic E-state index is 0.319. The lowest BCUT2D eigenvalue weighted by molar-refractivity contribution is 0.312. The molecule has 6 heteroatoms. The van der Waals surface area contributed by atoms with E-state index in [4.69, 9.17) is 0 Å². The van der Waals surface area contributed by atoms with E-state index in [-0.39, 0.29) is 0 Å². The van der Waals surface area contributed by atoms with Crippen LogP contribution in [0.25, 0.3) is 0 Å². The minimum Gasteiger partial charge on any atom is -0.353 e. The van der Waals surface area contributed by atoms with Gasteiger partial charge in [-0.05, 0) is 20.9 Å². The molecule has 2 heterocycles. The number of piperazine rings is 1. The second kappa shape index (κ2) is 5.27. The molecule has 1 aromatic heterocycles. The molecule has 0 atom stereocenters. The maximum Gasteiger partial charge on any atom is 0.244 e. The van der Waals surface area contributed by atoms with Crippen LogP contribution in [0.2, 0.25) is 0 Å². The lowest BCUT2D eigenvalue weighted by Crippen LogP contribution is -2.45. The van der Waals surface area contributed by atoms with Gasteiger partial charge in [-0.15, -0.1) is 5.10 Å². The Kier molecular flexibility index (Phi) is 3.73. The van der Waals surface area contributed by atoms with E-state index in [1.54, 1.807) is 6.20 Å². The van der Waals surface area contributed by atoms with Crippen LogP contribution in [0.5, 0.6) is 0 Å². The van der Waals surface area contributed by atoms with Gasteiger partial charge in [0.05, 0.1) is 6.20 Å². The van der Waals surface area contributed by atoms with Crippen molar-refractivity contribution in [2.45, 2.75) is 19.9 Å². The van der Waals surface area contributed by atoms with E-state index >= 15 is 0 Å². The Hall–Kier alpha value is -1.43. The second-order valence-corrected chi connectivity index (χ2v) is 4.73. The van der Waals surface area contributed by atoms with Crippen molar-refractivity contribution >= 4 is 11.8 Å². The number of nitrogens with zero attached hydrogens (tertiary/aromatic N) is 5. The normalized spacial score (nSPS) is 17.5. The van der Waals surface area contributed by atoms with Gasteiger partial charge in [-0.2, -0.15) is 10.1 Å². The van der Waals surface area contributed by atoms with Crippen LogP contribution in [-0.4, -0.2) is 59.3 Å². The molecule has 2 rings (SSSR count). The Morgan fingerprint density at radius 2 is 1.94 bits per heavy atom. The highest BCUT2D eigenvalue weighted by molar-refractivity contribution is 5.40. The molecule has 1 aliphatic heterocycles. The largest absolute Gasteiger partial charge is 0.353 e. The quantitative estimate of drug-likeness (QED) is 0.822. The summed E-state index contributed by atoms with van der Waals surface area (Å²) in [5, 5.41) is 11.2. The molecule has 1 saturated heterocycles. The minimum absolute atomic E-state index is 0.319. The van der Waals surface area contributed by atoms with Crippen molar-refractivity contribution in [3.05, 3.63) is 6.20 Å². The van der Waals surface area contributed by atoms with Gasteiger partial charge in [0.15, 0.2) is 5.82 Å². The maximum atomic E-state index is 4.48. The lowest BCUT2D eigenvalue weighted by atomic mass is 10.3. The molecule has 17 heavy (non-hydrogen) atoms. The lowest BCUT2D eigenvalue weighted by Gasteiger charge is -2.32. The van der Waals surface area contributed by atoms with Gasteiger partial charge >= 0.3 is 0 Å². The summed E-state index contributed by atoms with van der Waals surface area (Å²) in [7, 11) is 2.14. The fourth-order valence-corrected chi connectivity index (χ4v) is 1.80. The third-order valence-electron chi connectivity index (χ3n) is 2.79. The summed E-state index contributed by atoms with van der Waals surface area (Å²) in [6, 6.07) is 0.319. The molecule has 1 aliphatic rings. The average molecular weight is 236 g/mol. The first-order valence-corrected chi connectivity index (χ1v) is 6.05. The summed E-state index contributed by atoms with van der Waals surface area (Å²) >= 11 is 0. The molecule has 1 N–H and O–H groups in total. The van der Waals surface area contributed by atoms with Crippen molar-refractivity contribution in [2.75, 3.05) is 43.4 Å². The predicted octanol–water partition coefficient (Wildman–Crippen LogP) is 0.444. The van der Waals surface area contributed by atoms with Crippen LogP contribution in [0, 0.1) is 0 Å². The van der Waals surface area contributed by atoms with Crippen LogP contribution in [0.15, 0.2) is 6.20 Å². The number of likely N-dealkylation sites (N-methyl/N-ethyl adjacent to an activating group) is 1. The SMILES string of the molecule is CC(C)Nc1nncc(N2CCN(C)CC2)n1. The van der Waals surface area contributed by atoms with Crippen LogP contribution in [0.4, 0.5) is 11.8 Å². The number of rotatable bonds is 3. The Balaban J connectivity index is 2.05. The van der Waals surface area contributed by atoms with Gasteiger partial charge in [0.1, 0.15) is 0 Å². The topological polar surface area (TPSA) is 57.2 Å². The van der Waals surface area contributed by atoms with Crippen LogP contribution >= 0.6 is 0 Å². The van der Waals surface area contributed by atoms with Crippen molar-refractivity contribution in [1.82, 2.24) is 20.1 Å². The first kappa shape index (κ1) is 12.0. The van der Waals surface area contributed by atoms with Crippen LogP contribution < -0.4 is 10.2 Å². The zero-order valence-corrected chi connectivity index (χ0v) is 10.7. The van der Waals surface area contributed by atoms with E-state index < -0.39 is 0 Å². The maximum absolute atomic E-state index is 4.48. The second-order valence-electron chi connectivity index (χ2n) is 4.73. The molecule has 0 aliphatic carbocycles.